The van der Waals surface area contributed by atoms with E-state index >= 15 is 0 Å². The van der Waals surface area contributed by atoms with E-state index in [1.807, 2.05) is 0 Å². The van der Waals surface area contributed by atoms with Crippen molar-refractivity contribution in [2.24, 2.45) is 0 Å². The molecule has 0 aromatic carbocycles. The molecule has 2 aromatic rings. The van der Waals surface area contributed by atoms with Gasteiger partial charge in [-0.25, -0.2) is 15.0 Å². The number of methoxy groups -OCH3 is 1. The highest BCUT2D eigenvalue weighted by atomic mass is 16.7. The Kier molecular flexibility index (Phi) is 4.81. The van der Waals surface area contributed by atoms with Crippen molar-refractivity contribution in [1.82, 2.24) is 19.5 Å². The Morgan fingerprint density at radius 2 is 2.14 bits per heavy atom. The highest BCUT2D eigenvalue weighted by Crippen LogP contribution is 2.32. The van der Waals surface area contributed by atoms with Crippen LogP contribution in [-0.4, -0.2) is 84.3 Å². The Balaban J connectivity index is 1.55. The zero-order chi connectivity index (χ0) is 19.9. The zero-order valence-corrected chi connectivity index (χ0v) is 15.0. The minimum absolute atomic E-state index is 0.0171. The number of fused-ring (bicyclic) bond motifs is 1. The summed E-state index contributed by atoms with van der Waals surface area (Å²) in [6.45, 7) is -0.414. The lowest BCUT2D eigenvalue weighted by Crippen LogP contribution is -2.36. The van der Waals surface area contributed by atoms with Crippen LogP contribution in [0, 0.1) is 0 Å². The molecule has 1 saturated heterocycles. The first-order valence-corrected chi connectivity index (χ1v) is 8.65. The second-order valence-electron chi connectivity index (χ2n) is 6.61. The van der Waals surface area contributed by atoms with E-state index in [0.717, 1.165) is 0 Å². The summed E-state index contributed by atoms with van der Waals surface area (Å²) in [5.41, 5.74) is 0.726. The molecule has 0 bridgehead atoms. The number of ether oxygens (including phenoxy) is 3. The van der Waals surface area contributed by atoms with Gasteiger partial charge in [-0.1, -0.05) is 0 Å². The number of aliphatic hydroxyl groups is 4. The van der Waals surface area contributed by atoms with Gasteiger partial charge in [0.2, 0.25) is 5.79 Å². The van der Waals surface area contributed by atoms with Crippen molar-refractivity contribution in [2.45, 2.75) is 36.7 Å². The van der Waals surface area contributed by atoms with Crippen LogP contribution in [0.1, 0.15) is 12.6 Å². The lowest BCUT2D eigenvalue weighted by molar-refractivity contribution is -0.173. The maximum atomic E-state index is 10.4. The van der Waals surface area contributed by atoms with Crippen LogP contribution in [0.2, 0.25) is 0 Å². The SMILES string of the molecule is COC1=CCC(O)(CNc2ncnc3c2ncn3[C@@H]2O[C@H](CO)[C@@H](O)[C@@H]2O)O1. The highest BCUT2D eigenvalue weighted by molar-refractivity contribution is 5.82. The van der Waals surface area contributed by atoms with E-state index in [9.17, 15) is 20.4 Å². The molecule has 1 unspecified atom stereocenters. The predicted molar refractivity (Wildman–Crippen MR) is 92.6 cm³/mol. The van der Waals surface area contributed by atoms with Crippen molar-refractivity contribution in [1.29, 1.82) is 0 Å². The molecule has 5 atom stereocenters. The van der Waals surface area contributed by atoms with Crippen molar-refractivity contribution in [3.63, 3.8) is 0 Å². The first-order valence-electron chi connectivity index (χ1n) is 8.65. The monoisotopic (exact) mass is 395 g/mol. The average molecular weight is 395 g/mol. The highest BCUT2D eigenvalue weighted by Gasteiger charge is 2.44. The van der Waals surface area contributed by atoms with Gasteiger partial charge in [0, 0.05) is 12.5 Å². The van der Waals surface area contributed by atoms with Gasteiger partial charge in [-0.2, -0.15) is 0 Å². The van der Waals surface area contributed by atoms with E-state index in [4.69, 9.17) is 14.2 Å². The Hall–Kier alpha value is -2.51. The predicted octanol–water partition coefficient (Wildman–Crippen LogP) is -1.55. The normalized spacial score (nSPS) is 32.4. The molecule has 0 aliphatic carbocycles. The summed E-state index contributed by atoms with van der Waals surface area (Å²) in [7, 11) is 1.45. The van der Waals surface area contributed by atoms with Gasteiger partial charge in [0.15, 0.2) is 23.2 Å². The summed E-state index contributed by atoms with van der Waals surface area (Å²) in [6, 6.07) is 0. The summed E-state index contributed by atoms with van der Waals surface area (Å²) in [4.78, 5) is 12.6. The quantitative estimate of drug-likeness (QED) is 0.384. The van der Waals surface area contributed by atoms with Crippen molar-refractivity contribution in [3.8, 4) is 0 Å². The molecule has 28 heavy (non-hydrogen) atoms. The minimum Gasteiger partial charge on any atom is -0.469 e. The molecule has 152 valence electrons. The molecule has 0 spiro atoms. The van der Waals surface area contributed by atoms with Crippen LogP contribution >= 0.6 is 0 Å². The summed E-state index contributed by atoms with van der Waals surface area (Å²) in [5, 5.41) is 42.9. The molecule has 1 fully saturated rings. The van der Waals surface area contributed by atoms with Gasteiger partial charge in [0.05, 0.1) is 26.6 Å². The Labute approximate surface area is 159 Å². The fourth-order valence-corrected chi connectivity index (χ4v) is 3.25. The number of rotatable bonds is 6. The van der Waals surface area contributed by atoms with Crippen molar-refractivity contribution < 1.29 is 34.6 Å². The van der Waals surface area contributed by atoms with Gasteiger partial charge in [-0.15, -0.1) is 0 Å². The summed E-state index contributed by atoms with van der Waals surface area (Å²) in [6.07, 6.45) is 0.208. The lowest BCUT2D eigenvalue weighted by Gasteiger charge is -2.23. The molecule has 0 saturated carbocycles. The average Bonchev–Trinajstić information content (AvgIpc) is 3.37. The summed E-state index contributed by atoms with van der Waals surface area (Å²) in [5.74, 6) is -0.891. The van der Waals surface area contributed by atoms with E-state index in [1.165, 1.54) is 24.3 Å². The van der Waals surface area contributed by atoms with E-state index in [0.29, 0.717) is 17.0 Å². The molecular weight excluding hydrogens is 374 g/mol. The number of aromatic nitrogens is 4. The number of aliphatic hydroxyl groups excluding tert-OH is 3. The number of hydrogen-bond donors (Lipinski definition) is 5. The summed E-state index contributed by atoms with van der Waals surface area (Å²) < 4.78 is 17.3. The van der Waals surface area contributed by atoms with Crippen LogP contribution < -0.4 is 5.32 Å². The Bertz CT molecular complexity index is 889. The first-order chi connectivity index (χ1) is 13.5. The number of imidazole rings is 1. The topological polar surface area (TPSA) is 164 Å². The van der Waals surface area contributed by atoms with Gasteiger partial charge in [-0.3, -0.25) is 4.57 Å². The van der Waals surface area contributed by atoms with Gasteiger partial charge in [0.25, 0.3) is 5.95 Å². The number of nitrogens with zero attached hydrogens (tertiary/aromatic N) is 4. The fraction of sp³-hybridized carbons (Fsp3) is 0.562. The number of anilines is 1. The van der Waals surface area contributed by atoms with Crippen LogP contribution in [0.15, 0.2) is 24.7 Å². The molecule has 4 rings (SSSR count). The molecule has 2 aromatic heterocycles. The maximum Gasteiger partial charge on any atom is 0.277 e. The van der Waals surface area contributed by atoms with Crippen LogP contribution in [-0.2, 0) is 14.2 Å². The van der Waals surface area contributed by atoms with E-state index < -0.39 is 36.9 Å². The maximum absolute atomic E-state index is 10.4. The molecule has 0 amide bonds. The third-order valence-corrected chi connectivity index (χ3v) is 4.76. The van der Waals surface area contributed by atoms with Gasteiger partial charge >= 0.3 is 0 Å². The molecular formula is C16H21N5O7. The van der Waals surface area contributed by atoms with E-state index in [2.05, 4.69) is 20.3 Å². The molecule has 12 nitrogen and oxygen atoms in total. The Morgan fingerprint density at radius 1 is 1.32 bits per heavy atom. The Morgan fingerprint density at radius 3 is 2.82 bits per heavy atom. The third-order valence-electron chi connectivity index (χ3n) is 4.76. The molecule has 5 N–H and O–H groups in total. The number of hydrogen-bond acceptors (Lipinski definition) is 11. The standard InChI is InChI=1S/C16H21N5O7/c1-26-9-2-3-16(25,28-9)5-17-13-10-14(19-6-18-13)21(7-20-10)15-12(24)11(23)8(4-22)27-15/h2,6-8,11-12,15,22-25H,3-5H2,1H3,(H,17,18,19)/t8-,11-,12+,15-,16?/m1/s1. The smallest absolute Gasteiger partial charge is 0.277 e. The van der Waals surface area contributed by atoms with Gasteiger partial charge in [0.1, 0.15) is 24.6 Å². The van der Waals surface area contributed by atoms with Crippen molar-refractivity contribution in [2.75, 3.05) is 25.6 Å². The lowest BCUT2D eigenvalue weighted by atomic mass is 10.1. The second kappa shape index (κ2) is 7.14. The van der Waals surface area contributed by atoms with Crippen LogP contribution in [0.4, 0.5) is 5.82 Å². The van der Waals surface area contributed by atoms with Crippen LogP contribution in [0.25, 0.3) is 11.2 Å². The molecule has 2 aliphatic heterocycles. The summed E-state index contributed by atoms with van der Waals surface area (Å²) >= 11 is 0. The molecule has 4 heterocycles. The van der Waals surface area contributed by atoms with Crippen LogP contribution in [0.3, 0.4) is 0 Å². The minimum atomic E-state index is -1.48. The first kappa shape index (κ1) is 18.8. The fourth-order valence-electron chi connectivity index (χ4n) is 3.25. The van der Waals surface area contributed by atoms with Gasteiger partial charge in [-0.05, 0) is 0 Å². The molecule has 2 aliphatic rings. The molecule has 12 heteroatoms. The van der Waals surface area contributed by atoms with Crippen molar-refractivity contribution in [3.05, 3.63) is 24.7 Å². The second-order valence-corrected chi connectivity index (χ2v) is 6.61. The van der Waals surface area contributed by atoms with E-state index in [-0.39, 0.29) is 18.9 Å². The number of nitrogens with one attached hydrogen (secondary N) is 1. The van der Waals surface area contributed by atoms with Crippen molar-refractivity contribution >= 4 is 17.0 Å². The van der Waals surface area contributed by atoms with E-state index in [1.54, 1.807) is 6.08 Å². The third kappa shape index (κ3) is 3.14. The van der Waals surface area contributed by atoms with Crippen LogP contribution in [0.5, 0.6) is 0 Å². The molecule has 0 radical (unpaired) electrons. The largest absolute Gasteiger partial charge is 0.469 e. The zero-order valence-electron chi connectivity index (χ0n) is 15.0. The van der Waals surface area contributed by atoms with Gasteiger partial charge < -0.3 is 40.0 Å².